The van der Waals surface area contributed by atoms with Crippen molar-refractivity contribution in [2.24, 2.45) is 0 Å². The first-order chi connectivity index (χ1) is 13.8. The van der Waals surface area contributed by atoms with E-state index in [0.717, 1.165) is 10.5 Å². The maximum atomic E-state index is 12.9. The number of nitrogens with one attached hydrogen (secondary N) is 1. The highest BCUT2D eigenvalue weighted by atomic mass is 35.5. The fraction of sp³-hybridized carbons (Fsp3) is 0.190. The van der Waals surface area contributed by atoms with Crippen molar-refractivity contribution in [1.82, 2.24) is 0 Å². The molecule has 1 N–H and O–H groups in total. The number of ether oxygens (including phenoxy) is 1. The predicted octanol–water partition coefficient (Wildman–Crippen LogP) is 4.65. The van der Waals surface area contributed by atoms with Crippen molar-refractivity contribution in [1.29, 1.82) is 0 Å². The van der Waals surface area contributed by atoms with Crippen LogP contribution in [0.3, 0.4) is 0 Å². The van der Waals surface area contributed by atoms with Crippen LogP contribution in [-0.2, 0) is 14.3 Å². The molecule has 0 bridgehead atoms. The topological polar surface area (TPSA) is 75.7 Å². The van der Waals surface area contributed by atoms with Gasteiger partial charge in [-0.15, -0.1) is 0 Å². The molecule has 0 radical (unpaired) electrons. The van der Waals surface area contributed by atoms with Crippen molar-refractivity contribution in [3.8, 4) is 0 Å². The first-order valence-corrected chi connectivity index (χ1v) is 9.68. The van der Waals surface area contributed by atoms with Gasteiger partial charge in [0.15, 0.2) is 0 Å². The van der Waals surface area contributed by atoms with Crippen LogP contribution in [0.5, 0.6) is 0 Å². The number of carbonyl (C=O) groups is 3. The minimum atomic E-state index is -0.684. The third kappa shape index (κ3) is 4.28. The standard InChI is InChI=1S/C21H18Cl2N2O4/c1-3-9-29-21(28)13-5-4-6-15(10-13)25-19(26)17(23)18(20(25)27)24-14-8-7-12(2)16(22)11-14/h4-8,10-11,24H,3,9H2,1-2H3. The van der Waals surface area contributed by atoms with E-state index in [1.165, 1.54) is 6.07 Å². The Bertz CT molecular complexity index is 1030. The van der Waals surface area contributed by atoms with Crippen LogP contribution in [0, 0.1) is 6.92 Å². The molecule has 1 aliphatic rings. The lowest BCUT2D eigenvalue weighted by atomic mass is 10.2. The van der Waals surface area contributed by atoms with Gasteiger partial charge < -0.3 is 10.1 Å². The summed E-state index contributed by atoms with van der Waals surface area (Å²) in [5.41, 5.74) is 1.80. The Hall–Kier alpha value is -2.83. The second-order valence-electron chi connectivity index (χ2n) is 6.41. The zero-order valence-electron chi connectivity index (χ0n) is 15.8. The number of imide groups is 1. The Balaban J connectivity index is 1.86. The van der Waals surface area contributed by atoms with Crippen LogP contribution < -0.4 is 10.2 Å². The van der Waals surface area contributed by atoms with Gasteiger partial charge in [0.25, 0.3) is 11.8 Å². The number of hydrogen-bond donors (Lipinski definition) is 1. The number of aryl methyl sites for hydroxylation is 1. The molecule has 150 valence electrons. The minimum Gasteiger partial charge on any atom is -0.462 e. The van der Waals surface area contributed by atoms with E-state index in [0.29, 0.717) is 17.1 Å². The molecule has 0 aromatic heterocycles. The van der Waals surface area contributed by atoms with Gasteiger partial charge in [-0.2, -0.15) is 0 Å². The van der Waals surface area contributed by atoms with Crippen molar-refractivity contribution >= 4 is 52.4 Å². The van der Waals surface area contributed by atoms with Gasteiger partial charge in [0.05, 0.1) is 17.9 Å². The highest BCUT2D eigenvalue weighted by Gasteiger charge is 2.39. The molecule has 0 fully saturated rings. The molecule has 1 heterocycles. The minimum absolute atomic E-state index is 0.0597. The fourth-order valence-corrected chi connectivity index (χ4v) is 3.10. The highest BCUT2D eigenvalue weighted by molar-refractivity contribution is 6.53. The summed E-state index contributed by atoms with van der Waals surface area (Å²) in [6, 6.07) is 11.2. The largest absolute Gasteiger partial charge is 0.462 e. The molecule has 3 rings (SSSR count). The van der Waals surface area contributed by atoms with Crippen LogP contribution in [0.2, 0.25) is 5.02 Å². The van der Waals surface area contributed by atoms with Crippen LogP contribution in [0.1, 0.15) is 29.3 Å². The number of halogens is 2. The molecule has 2 amide bonds. The van der Waals surface area contributed by atoms with E-state index >= 15 is 0 Å². The summed E-state index contributed by atoms with van der Waals surface area (Å²) in [7, 11) is 0. The van der Waals surface area contributed by atoms with Gasteiger partial charge >= 0.3 is 5.97 Å². The Morgan fingerprint density at radius 1 is 1.10 bits per heavy atom. The van der Waals surface area contributed by atoms with Crippen LogP contribution in [0.25, 0.3) is 0 Å². The van der Waals surface area contributed by atoms with E-state index in [1.54, 1.807) is 36.4 Å². The Labute approximate surface area is 178 Å². The molecule has 0 saturated carbocycles. The van der Waals surface area contributed by atoms with Gasteiger partial charge in [0.1, 0.15) is 10.7 Å². The van der Waals surface area contributed by atoms with E-state index in [1.807, 2.05) is 13.8 Å². The lowest BCUT2D eigenvalue weighted by molar-refractivity contribution is -0.120. The second kappa shape index (κ2) is 8.68. The average molecular weight is 433 g/mol. The molecule has 8 heteroatoms. The number of rotatable bonds is 6. The van der Waals surface area contributed by atoms with Gasteiger partial charge in [-0.25, -0.2) is 9.69 Å². The number of anilines is 2. The number of carbonyl (C=O) groups excluding carboxylic acids is 3. The smallest absolute Gasteiger partial charge is 0.338 e. The molecule has 2 aromatic rings. The van der Waals surface area contributed by atoms with Gasteiger partial charge in [0, 0.05) is 10.7 Å². The Morgan fingerprint density at radius 2 is 1.86 bits per heavy atom. The van der Waals surface area contributed by atoms with Crippen molar-refractivity contribution in [2.45, 2.75) is 20.3 Å². The van der Waals surface area contributed by atoms with E-state index < -0.39 is 17.8 Å². The third-order valence-electron chi connectivity index (χ3n) is 4.25. The van der Waals surface area contributed by atoms with Crippen molar-refractivity contribution in [3.05, 3.63) is 69.3 Å². The molecule has 29 heavy (non-hydrogen) atoms. The lowest BCUT2D eigenvalue weighted by Crippen LogP contribution is -2.32. The summed E-state index contributed by atoms with van der Waals surface area (Å²) in [5, 5.41) is 3.13. The molecular weight excluding hydrogens is 415 g/mol. The number of nitrogens with zero attached hydrogens (tertiary/aromatic N) is 1. The third-order valence-corrected chi connectivity index (χ3v) is 5.00. The van der Waals surface area contributed by atoms with Gasteiger partial charge in [-0.05, 0) is 49.2 Å². The van der Waals surface area contributed by atoms with Crippen molar-refractivity contribution in [2.75, 3.05) is 16.8 Å². The number of esters is 1. The van der Waals surface area contributed by atoms with Gasteiger partial charge in [-0.1, -0.05) is 42.3 Å². The van der Waals surface area contributed by atoms with Crippen LogP contribution in [0.4, 0.5) is 11.4 Å². The Kier molecular flexibility index (Phi) is 6.25. The summed E-state index contributed by atoms with van der Waals surface area (Å²) < 4.78 is 5.10. The van der Waals surface area contributed by atoms with E-state index in [9.17, 15) is 14.4 Å². The fourth-order valence-electron chi connectivity index (χ4n) is 2.71. The van der Waals surface area contributed by atoms with Crippen molar-refractivity contribution < 1.29 is 19.1 Å². The van der Waals surface area contributed by atoms with Crippen LogP contribution >= 0.6 is 23.2 Å². The molecule has 0 saturated heterocycles. The highest BCUT2D eigenvalue weighted by Crippen LogP contribution is 2.31. The van der Waals surface area contributed by atoms with Crippen LogP contribution in [-0.4, -0.2) is 24.4 Å². The molecule has 2 aromatic carbocycles. The predicted molar refractivity (Wildman–Crippen MR) is 112 cm³/mol. The summed E-state index contributed by atoms with van der Waals surface area (Å²) >= 11 is 12.3. The normalized spacial score (nSPS) is 13.9. The quantitative estimate of drug-likeness (QED) is 0.530. The van der Waals surface area contributed by atoms with Crippen molar-refractivity contribution in [3.63, 3.8) is 0 Å². The van der Waals surface area contributed by atoms with E-state index in [2.05, 4.69) is 5.32 Å². The first kappa shape index (κ1) is 20.9. The summed E-state index contributed by atoms with van der Waals surface area (Å²) in [6.07, 6.45) is 0.687. The SMILES string of the molecule is CCCOC(=O)c1cccc(N2C(=O)C(Cl)=C(Nc3ccc(C)c(Cl)c3)C2=O)c1. The maximum absolute atomic E-state index is 12.9. The molecule has 0 atom stereocenters. The molecule has 0 aliphatic carbocycles. The zero-order chi connectivity index (χ0) is 21.1. The summed E-state index contributed by atoms with van der Waals surface area (Å²) in [4.78, 5) is 38.5. The molecular formula is C21H18Cl2N2O4. The molecule has 0 unspecified atom stereocenters. The second-order valence-corrected chi connectivity index (χ2v) is 7.20. The van der Waals surface area contributed by atoms with Gasteiger partial charge in [0.2, 0.25) is 0 Å². The first-order valence-electron chi connectivity index (χ1n) is 8.92. The Morgan fingerprint density at radius 3 is 2.55 bits per heavy atom. The maximum Gasteiger partial charge on any atom is 0.338 e. The van der Waals surface area contributed by atoms with Gasteiger partial charge in [-0.3, -0.25) is 9.59 Å². The summed E-state index contributed by atoms with van der Waals surface area (Å²) in [6.45, 7) is 4.02. The van der Waals surface area contributed by atoms with E-state index in [4.69, 9.17) is 27.9 Å². The van der Waals surface area contributed by atoms with Crippen LogP contribution in [0.15, 0.2) is 53.2 Å². The number of benzene rings is 2. The number of hydrogen-bond acceptors (Lipinski definition) is 5. The molecule has 1 aliphatic heterocycles. The summed E-state index contributed by atoms with van der Waals surface area (Å²) in [5.74, 6) is -1.84. The molecule has 0 spiro atoms. The average Bonchev–Trinajstić information content (AvgIpc) is 2.92. The molecule has 6 nitrogen and oxygen atoms in total. The number of amides is 2. The zero-order valence-corrected chi connectivity index (χ0v) is 17.3. The monoisotopic (exact) mass is 432 g/mol. The lowest BCUT2D eigenvalue weighted by Gasteiger charge is -2.16. The van der Waals surface area contributed by atoms with E-state index in [-0.39, 0.29) is 28.6 Å².